The van der Waals surface area contributed by atoms with Gasteiger partial charge in [0.2, 0.25) is 0 Å². The number of hydrogen-bond donors (Lipinski definition) is 1. The molecular formula is C25H31N3O4S5. The minimum Gasteiger partial charge on any atom is -0.480 e. The molecule has 1 saturated carbocycles. The highest BCUT2D eigenvalue weighted by molar-refractivity contribution is 8.31. The van der Waals surface area contributed by atoms with Gasteiger partial charge in [-0.15, -0.1) is 22.7 Å². The third-order valence-corrected chi connectivity index (χ3v) is 10.9. The number of hydrogen-bond acceptors (Lipinski definition) is 8. The van der Waals surface area contributed by atoms with Crippen LogP contribution in [0.4, 0.5) is 0 Å². The van der Waals surface area contributed by atoms with Gasteiger partial charge in [0.15, 0.2) is 0 Å². The second kappa shape index (κ2) is 12.1. The molecule has 0 spiro atoms. The Morgan fingerprint density at radius 3 is 2.38 bits per heavy atom. The second-order valence-electron chi connectivity index (χ2n) is 9.54. The summed E-state index contributed by atoms with van der Waals surface area (Å²) in [5.41, 5.74) is -0.265. The van der Waals surface area contributed by atoms with Crippen LogP contribution in [0.3, 0.4) is 0 Å². The molecule has 3 heterocycles. The molecule has 0 aromatic carbocycles. The number of carbonyl (C=O) groups excluding carboxylic acids is 1. The summed E-state index contributed by atoms with van der Waals surface area (Å²) in [6.07, 6.45) is 8.22. The van der Waals surface area contributed by atoms with Crippen molar-refractivity contribution in [1.29, 1.82) is 0 Å². The van der Waals surface area contributed by atoms with E-state index in [1.165, 1.54) is 39.0 Å². The van der Waals surface area contributed by atoms with Crippen molar-refractivity contribution in [2.24, 2.45) is 11.8 Å². The molecule has 2 aromatic rings. The molecule has 37 heavy (non-hydrogen) atoms. The number of thioether (sulfide) groups is 1. The number of amides is 1. The van der Waals surface area contributed by atoms with E-state index in [1.807, 2.05) is 6.92 Å². The molecule has 2 aliphatic rings. The normalized spacial score (nSPS) is 23.3. The monoisotopic (exact) mass is 597 g/mol. The van der Waals surface area contributed by atoms with Crippen LogP contribution in [-0.4, -0.2) is 41.8 Å². The van der Waals surface area contributed by atoms with Crippen molar-refractivity contribution in [2.45, 2.75) is 72.4 Å². The lowest BCUT2D eigenvalue weighted by Gasteiger charge is -2.23. The van der Waals surface area contributed by atoms with Crippen LogP contribution in [0.15, 0.2) is 4.79 Å². The summed E-state index contributed by atoms with van der Waals surface area (Å²) in [7, 11) is 0. The summed E-state index contributed by atoms with van der Waals surface area (Å²) >= 11 is 15.1. The van der Waals surface area contributed by atoms with Crippen LogP contribution in [0, 0.1) is 25.0 Å². The SMILES string of the molecule is CCCCn1/c(=c2\sc(=CC3CCC(C)CC3)c(=O)n2CC(=O)O)sc(=S)/c1=C1\SC(=S)C(=O)N1CC. The van der Waals surface area contributed by atoms with Gasteiger partial charge in [-0.1, -0.05) is 75.4 Å². The van der Waals surface area contributed by atoms with E-state index in [0.29, 0.717) is 47.2 Å². The van der Waals surface area contributed by atoms with E-state index < -0.39 is 12.5 Å². The first-order valence-corrected chi connectivity index (χ1v) is 15.9. The molecular weight excluding hydrogens is 567 g/mol. The Bertz CT molecular complexity index is 1560. The quantitative estimate of drug-likeness (QED) is 0.478. The summed E-state index contributed by atoms with van der Waals surface area (Å²) in [6, 6.07) is 0. The van der Waals surface area contributed by atoms with Gasteiger partial charge in [-0.2, -0.15) is 0 Å². The van der Waals surface area contributed by atoms with E-state index in [2.05, 4.69) is 24.5 Å². The van der Waals surface area contributed by atoms with Crippen molar-refractivity contribution in [3.63, 3.8) is 0 Å². The molecule has 2 fully saturated rings. The van der Waals surface area contributed by atoms with E-state index in [-0.39, 0.29) is 11.5 Å². The zero-order valence-corrected chi connectivity index (χ0v) is 25.2. The average Bonchev–Trinajstić information content (AvgIpc) is 3.44. The minimum absolute atomic E-state index is 0.195. The smallest absolute Gasteiger partial charge is 0.323 e. The van der Waals surface area contributed by atoms with Crippen LogP contribution in [0.5, 0.6) is 0 Å². The molecule has 0 unspecified atom stereocenters. The molecule has 0 radical (unpaired) electrons. The fourth-order valence-electron chi connectivity index (χ4n) is 4.78. The predicted molar refractivity (Wildman–Crippen MR) is 158 cm³/mol. The van der Waals surface area contributed by atoms with Crippen LogP contribution in [-0.2, 0) is 22.7 Å². The molecule has 7 nitrogen and oxygen atoms in total. The van der Waals surface area contributed by atoms with Crippen molar-refractivity contribution in [1.82, 2.24) is 14.0 Å². The van der Waals surface area contributed by atoms with Gasteiger partial charge in [0, 0.05) is 13.1 Å². The lowest BCUT2D eigenvalue weighted by Crippen LogP contribution is -2.31. The van der Waals surface area contributed by atoms with E-state index in [0.717, 1.165) is 48.5 Å². The Hall–Kier alpha value is -1.60. The van der Waals surface area contributed by atoms with Crippen molar-refractivity contribution >= 4 is 86.0 Å². The third kappa shape index (κ3) is 5.88. The summed E-state index contributed by atoms with van der Waals surface area (Å²) in [5.74, 6) is -0.235. The molecule has 12 heteroatoms. The van der Waals surface area contributed by atoms with Crippen LogP contribution in [0.25, 0.3) is 11.1 Å². The number of aliphatic carboxylic acids is 1. The molecule has 0 bridgehead atoms. The molecule has 200 valence electrons. The lowest BCUT2D eigenvalue weighted by molar-refractivity contribution is -0.137. The summed E-state index contributed by atoms with van der Waals surface area (Å²) in [6.45, 7) is 6.95. The summed E-state index contributed by atoms with van der Waals surface area (Å²) in [4.78, 5) is 39.5. The number of aromatic nitrogens is 2. The molecule has 1 aliphatic carbocycles. The maximum absolute atomic E-state index is 13.5. The van der Waals surface area contributed by atoms with Crippen LogP contribution >= 0.6 is 58.9 Å². The van der Waals surface area contributed by atoms with Crippen LogP contribution in [0.1, 0.15) is 59.3 Å². The van der Waals surface area contributed by atoms with E-state index in [9.17, 15) is 19.5 Å². The number of nitrogens with zero attached hydrogens (tertiary/aromatic N) is 3. The minimum atomic E-state index is -1.07. The second-order valence-corrected chi connectivity index (χ2v) is 13.9. The van der Waals surface area contributed by atoms with Gasteiger partial charge in [0.25, 0.3) is 11.5 Å². The zero-order chi connectivity index (χ0) is 26.9. The van der Waals surface area contributed by atoms with Gasteiger partial charge in [-0.3, -0.25) is 23.9 Å². The first kappa shape index (κ1) is 28.4. The Morgan fingerprint density at radius 2 is 1.76 bits per heavy atom. The molecule has 1 amide bonds. The Labute approximate surface area is 237 Å². The highest BCUT2D eigenvalue weighted by atomic mass is 32.2. The predicted octanol–water partition coefficient (Wildman–Crippen LogP) is 4.27. The number of carboxylic acids is 1. The van der Waals surface area contributed by atoms with E-state index in [1.54, 1.807) is 4.90 Å². The lowest BCUT2D eigenvalue weighted by atomic mass is 9.83. The molecule has 2 aromatic heterocycles. The Balaban J connectivity index is 2.08. The maximum Gasteiger partial charge on any atom is 0.323 e. The average molecular weight is 598 g/mol. The number of carbonyl (C=O) groups is 2. The summed E-state index contributed by atoms with van der Waals surface area (Å²) < 4.78 is 6.27. The van der Waals surface area contributed by atoms with Gasteiger partial charge in [-0.05, 0) is 38.0 Å². The van der Waals surface area contributed by atoms with Gasteiger partial charge in [0.1, 0.15) is 34.3 Å². The van der Waals surface area contributed by atoms with Crippen molar-refractivity contribution in [2.75, 3.05) is 6.54 Å². The third-order valence-electron chi connectivity index (χ3n) is 6.84. The van der Waals surface area contributed by atoms with Gasteiger partial charge in [-0.25, -0.2) is 0 Å². The fourth-order valence-corrected chi connectivity index (χ4v) is 9.05. The number of unbranched alkanes of at least 4 members (excludes halogenated alkanes) is 1. The highest BCUT2D eigenvalue weighted by Crippen LogP contribution is 2.32. The zero-order valence-electron chi connectivity index (χ0n) is 21.2. The Morgan fingerprint density at radius 1 is 1.08 bits per heavy atom. The molecule has 1 N–H and O–H groups in total. The van der Waals surface area contributed by atoms with Crippen molar-refractivity contribution in [3.05, 3.63) is 33.4 Å². The standard InChI is InChI=1S/C25H31N3O4S5/c1-4-6-11-27-18(21-26(5-2)20(32)25(34)36-21)24(33)37-22(27)23-28(13-17(29)30)19(31)16(35-23)12-15-9-7-14(3)8-10-15/h12,14-15H,4-11,13H2,1-3H3,(H,29,30)/b16-12?,21-18+,23-22+. The number of rotatable bonds is 7. The van der Waals surface area contributed by atoms with E-state index in [4.69, 9.17) is 24.4 Å². The van der Waals surface area contributed by atoms with Gasteiger partial charge in [0.05, 0.1) is 4.53 Å². The van der Waals surface area contributed by atoms with Crippen molar-refractivity contribution in [3.8, 4) is 0 Å². The summed E-state index contributed by atoms with van der Waals surface area (Å²) in [5, 5.41) is 11.1. The molecule has 0 atom stereocenters. The van der Waals surface area contributed by atoms with Crippen LogP contribution < -0.4 is 15.4 Å². The number of carboxylic acid groups (broad SMARTS) is 1. The molecule has 1 saturated heterocycles. The topological polar surface area (TPSA) is 84.5 Å². The van der Waals surface area contributed by atoms with Crippen molar-refractivity contribution < 1.29 is 14.7 Å². The highest BCUT2D eigenvalue weighted by Gasteiger charge is 2.32. The molecule has 1 aliphatic heterocycles. The number of thiazole rings is 2. The number of thiocarbonyl (C=S) groups is 1. The largest absolute Gasteiger partial charge is 0.480 e. The maximum atomic E-state index is 13.5. The Kier molecular flexibility index (Phi) is 9.26. The first-order valence-electron chi connectivity index (χ1n) is 12.6. The fraction of sp³-hybridized carbons (Fsp3) is 0.560. The molecule has 4 rings (SSSR count). The van der Waals surface area contributed by atoms with Crippen LogP contribution in [0.2, 0.25) is 0 Å². The van der Waals surface area contributed by atoms with Gasteiger partial charge < -0.3 is 9.67 Å². The first-order chi connectivity index (χ1) is 17.7. The van der Waals surface area contributed by atoms with E-state index >= 15 is 0 Å². The van der Waals surface area contributed by atoms with Gasteiger partial charge >= 0.3 is 5.97 Å².